The van der Waals surface area contributed by atoms with Crippen LogP contribution in [0.15, 0.2) is 42.6 Å². The largest absolute Gasteiger partial charge is 0.289 e. The lowest BCUT2D eigenvalue weighted by Gasteiger charge is -2.02. The summed E-state index contributed by atoms with van der Waals surface area (Å²) in [7, 11) is 0. The number of nitrogens with zero attached hydrogens (tertiary/aromatic N) is 1. The second-order valence-electron chi connectivity index (χ2n) is 3.88. The summed E-state index contributed by atoms with van der Waals surface area (Å²) in [4.78, 5) is 16.2. The molecule has 0 bridgehead atoms. The summed E-state index contributed by atoms with van der Waals surface area (Å²) in [5.41, 5.74) is 3.37. The highest BCUT2D eigenvalue weighted by molar-refractivity contribution is 6.09. The monoisotopic (exact) mass is 247 g/mol. The van der Waals surface area contributed by atoms with Gasteiger partial charge < -0.3 is 0 Å². The highest BCUT2D eigenvalue weighted by atomic mass is 35.5. The first-order valence-corrected chi connectivity index (χ1v) is 5.21. The lowest BCUT2D eigenvalue weighted by atomic mass is 10.0. The summed E-state index contributed by atoms with van der Waals surface area (Å²) in [6.45, 7) is 3.86. The highest BCUT2D eigenvalue weighted by Crippen LogP contribution is 2.11. The van der Waals surface area contributed by atoms with E-state index in [1.807, 2.05) is 44.2 Å². The molecule has 0 unspecified atom stereocenters. The molecule has 0 atom stereocenters. The van der Waals surface area contributed by atoms with Crippen molar-refractivity contribution in [3.05, 3.63) is 65.0 Å². The molecule has 2 rings (SSSR count). The van der Waals surface area contributed by atoms with Crippen LogP contribution >= 0.6 is 12.4 Å². The molecule has 0 spiro atoms. The number of rotatable bonds is 2. The van der Waals surface area contributed by atoms with Crippen LogP contribution in [0.3, 0.4) is 0 Å². The fourth-order valence-electron chi connectivity index (χ4n) is 1.64. The second-order valence-corrected chi connectivity index (χ2v) is 3.88. The third-order valence-corrected chi connectivity index (χ3v) is 2.44. The lowest BCUT2D eigenvalue weighted by molar-refractivity contribution is 0.103. The van der Waals surface area contributed by atoms with E-state index in [4.69, 9.17) is 0 Å². The van der Waals surface area contributed by atoms with E-state index >= 15 is 0 Å². The minimum Gasteiger partial charge on any atom is -0.289 e. The standard InChI is InChI=1S/C14H13NO.ClH/c1-10-4-3-5-12(8-10)14(16)13-6-7-15-11(2)9-13;/h3-9H,1-2H3;1H. The van der Waals surface area contributed by atoms with E-state index in [0.29, 0.717) is 5.56 Å². The Hall–Kier alpha value is -1.67. The van der Waals surface area contributed by atoms with Crippen LogP contribution in [0, 0.1) is 13.8 Å². The number of carbonyl (C=O) groups excluding carboxylic acids is 1. The Kier molecular flexibility index (Phi) is 4.41. The molecular formula is C14H14ClNO. The number of hydrogen-bond acceptors (Lipinski definition) is 2. The van der Waals surface area contributed by atoms with Crippen molar-refractivity contribution >= 4 is 18.2 Å². The average Bonchev–Trinajstić information content (AvgIpc) is 2.28. The summed E-state index contributed by atoms with van der Waals surface area (Å²) in [6, 6.07) is 11.2. The van der Waals surface area contributed by atoms with Crippen LogP contribution in [-0.4, -0.2) is 10.8 Å². The van der Waals surface area contributed by atoms with E-state index in [9.17, 15) is 4.79 Å². The van der Waals surface area contributed by atoms with Crippen molar-refractivity contribution in [1.29, 1.82) is 0 Å². The van der Waals surface area contributed by atoms with E-state index in [-0.39, 0.29) is 18.2 Å². The number of benzene rings is 1. The molecule has 0 aliphatic carbocycles. The van der Waals surface area contributed by atoms with Gasteiger partial charge in [-0.05, 0) is 32.0 Å². The number of aromatic nitrogens is 1. The average molecular weight is 248 g/mol. The number of hydrogen-bond donors (Lipinski definition) is 0. The molecule has 0 fully saturated rings. The smallest absolute Gasteiger partial charge is 0.193 e. The van der Waals surface area contributed by atoms with Crippen molar-refractivity contribution in [1.82, 2.24) is 4.98 Å². The quantitative estimate of drug-likeness (QED) is 0.762. The maximum atomic E-state index is 12.1. The third kappa shape index (κ3) is 3.14. The van der Waals surface area contributed by atoms with E-state index in [1.54, 1.807) is 12.3 Å². The van der Waals surface area contributed by atoms with Crippen molar-refractivity contribution in [3.8, 4) is 0 Å². The van der Waals surface area contributed by atoms with Crippen molar-refractivity contribution in [2.24, 2.45) is 0 Å². The molecule has 1 heterocycles. The second kappa shape index (κ2) is 5.60. The summed E-state index contributed by atoms with van der Waals surface area (Å²) >= 11 is 0. The lowest BCUT2D eigenvalue weighted by Crippen LogP contribution is -2.02. The van der Waals surface area contributed by atoms with Crippen molar-refractivity contribution in [2.45, 2.75) is 13.8 Å². The molecule has 88 valence electrons. The molecule has 0 radical (unpaired) electrons. The van der Waals surface area contributed by atoms with Crippen LogP contribution in [0.2, 0.25) is 0 Å². The zero-order valence-electron chi connectivity index (χ0n) is 9.81. The van der Waals surface area contributed by atoms with E-state index < -0.39 is 0 Å². The minimum absolute atomic E-state index is 0. The zero-order chi connectivity index (χ0) is 11.5. The first-order chi connectivity index (χ1) is 7.66. The van der Waals surface area contributed by atoms with Gasteiger partial charge >= 0.3 is 0 Å². The van der Waals surface area contributed by atoms with Gasteiger partial charge in [-0.25, -0.2) is 0 Å². The van der Waals surface area contributed by atoms with E-state index in [2.05, 4.69) is 4.98 Å². The van der Waals surface area contributed by atoms with Crippen LogP contribution in [0.5, 0.6) is 0 Å². The predicted molar refractivity (Wildman–Crippen MR) is 70.8 cm³/mol. The number of pyridine rings is 1. The van der Waals surface area contributed by atoms with Gasteiger partial charge in [-0.1, -0.05) is 23.8 Å². The first kappa shape index (κ1) is 13.4. The molecule has 0 saturated heterocycles. The number of halogens is 1. The molecule has 0 aliphatic rings. The van der Waals surface area contributed by atoms with Crippen LogP contribution in [-0.2, 0) is 0 Å². The number of carbonyl (C=O) groups is 1. The maximum Gasteiger partial charge on any atom is 0.193 e. The van der Waals surface area contributed by atoms with Crippen LogP contribution in [0.4, 0.5) is 0 Å². The summed E-state index contributed by atoms with van der Waals surface area (Å²) in [6.07, 6.45) is 1.67. The summed E-state index contributed by atoms with van der Waals surface area (Å²) in [5, 5.41) is 0. The topological polar surface area (TPSA) is 30.0 Å². The fraction of sp³-hybridized carbons (Fsp3) is 0.143. The fourth-order valence-corrected chi connectivity index (χ4v) is 1.64. The Balaban J connectivity index is 0.00000144. The summed E-state index contributed by atoms with van der Waals surface area (Å²) in [5.74, 6) is 0.0502. The molecule has 1 aromatic carbocycles. The molecule has 2 nitrogen and oxygen atoms in total. The van der Waals surface area contributed by atoms with Gasteiger partial charge in [0.05, 0.1) is 0 Å². The molecule has 3 heteroatoms. The van der Waals surface area contributed by atoms with Crippen LogP contribution in [0.25, 0.3) is 0 Å². The molecule has 0 aliphatic heterocycles. The van der Waals surface area contributed by atoms with E-state index in [0.717, 1.165) is 16.8 Å². The Morgan fingerprint density at radius 2 is 1.76 bits per heavy atom. The Labute approximate surface area is 107 Å². The zero-order valence-corrected chi connectivity index (χ0v) is 10.6. The first-order valence-electron chi connectivity index (χ1n) is 5.21. The van der Waals surface area contributed by atoms with E-state index in [1.165, 1.54) is 0 Å². The number of aryl methyl sites for hydroxylation is 2. The van der Waals surface area contributed by atoms with Crippen molar-refractivity contribution in [2.75, 3.05) is 0 Å². The molecule has 17 heavy (non-hydrogen) atoms. The van der Waals surface area contributed by atoms with Gasteiger partial charge in [0.15, 0.2) is 5.78 Å². The predicted octanol–water partition coefficient (Wildman–Crippen LogP) is 3.35. The molecule has 0 N–H and O–H groups in total. The van der Waals surface area contributed by atoms with Crippen molar-refractivity contribution in [3.63, 3.8) is 0 Å². The Morgan fingerprint density at radius 1 is 1.06 bits per heavy atom. The molecular weight excluding hydrogens is 234 g/mol. The molecule has 2 aromatic rings. The van der Waals surface area contributed by atoms with Gasteiger partial charge in [-0.2, -0.15) is 0 Å². The van der Waals surface area contributed by atoms with Gasteiger partial charge in [0, 0.05) is 23.0 Å². The molecule has 0 saturated carbocycles. The van der Waals surface area contributed by atoms with Gasteiger partial charge in [-0.3, -0.25) is 9.78 Å². The molecule has 0 amide bonds. The van der Waals surface area contributed by atoms with Crippen LogP contribution < -0.4 is 0 Å². The Bertz CT molecular complexity index is 490. The van der Waals surface area contributed by atoms with Crippen LogP contribution in [0.1, 0.15) is 27.2 Å². The minimum atomic E-state index is 0. The maximum absolute atomic E-state index is 12.1. The number of ketones is 1. The van der Waals surface area contributed by atoms with Gasteiger partial charge in [0.2, 0.25) is 0 Å². The Morgan fingerprint density at radius 3 is 2.41 bits per heavy atom. The van der Waals surface area contributed by atoms with Gasteiger partial charge in [0.1, 0.15) is 0 Å². The van der Waals surface area contributed by atoms with Gasteiger partial charge in [0.25, 0.3) is 0 Å². The summed E-state index contributed by atoms with van der Waals surface area (Å²) < 4.78 is 0. The van der Waals surface area contributed by atoms with Gasteiger partial charge in [-0.15, -0.1) is 12.4 Å². The highest BCUT2D eigenvalue weighted by Gasteiger charge is 2.08. The molecule has 1 aromatic heterocycles. The van der Waals surface area contributed by atoms with Crippen molar-refractivity contribution < 1.29 is 4.79 Å². The normalized spacial score (nSPS) is 9.53. The third-order valence-electron chi connectivity index (χ3n) is 2.44. The SMILES string of the molecule is Cc1cccc(C(=O)c2ccnc(C)c2)c1.Cl.